The molecule has 1 atom stereocenters. The molecule has 0 fully saturated rings. The van der Waals surface area contributed by atoms with Crippen molar-refractivity contribution in [3.05, 3.63) is 18.0 Å². The monoisotopic (exact) mass is 293 g/mol. The molecule has 0 saturated carbocycles. The number of unbranched alkanes of at least 4 members (excludes halogenated alkanes) is 6. The molecule has 0 saturated heterocycles. The van der Waals surface area contributed by atoms with Crippen LogP contribution in [0.15, 0.2) is 12.4 Å². The summed E-state index contributed by atoms with van der Waals surface area (Å²) in [6.45, 7) is 8.64. The van der Waals surface area contributed by atoms with Crippen LogP contribution in [0, 0.1) is 0 Å². The van der Waals surface area contributed by atoms with Crippen LogP contribution in [0.1, 0.15) is 77.7 Å². The first-order valence-corrected chi connectivity index (χ1v) is 9.04. The Balaban J connectivity index is 2.20. The number of likely N-dealkylation sites (N-methyl/N-ethyl adjacent to an activating group) is 1. The summed E-state index contributed by atoms with van der Waals surface area (Å²) in [7, 11) is 0. The summed E-state index contributed by atoms with van der Waals surface area (Å²) in [6, 6.07) is 0.611. The molecule has 1 unspecified atom stereocenters. The predicted octanol–water partition coefficient (Wildman–Crippen LogP) is 4.56. The van der Waals surface area contributed by atoms with E-state index in [1.165, 1.54) is 56.9 Å². The van der Waals surface area contributed by atoms with Crippen molar-refractivity contribution in [2.75, 3.05) is 6.54 Å². The molecule has 0 aromatic carbocycles. The van der Waals surface area contributed by atoms with Crippen LogP contribution in [0.4, 0.5) is 0 Å². The molecular formula is C18H35N3. The molecule has 0 amide bonds. The van der Waals surface area contributed by atoms with E-state index >= 15 is 0 Å². The van der Waals surface area contributed by atoms with E-state index in [2.05, 4.69) is 37.4 Å². The van der Waals surface area contributed by atoms with Crippen molar-refractivity contribution in [1.82, 2.24) is 15.1 Å². The zero-order valence-electron chi connectivity index (χ0n) is 14.4. The SMILES string of the molecule is CCCCCCCCCC(Cc1cnn(CC)c1)NCC. The third-order valence-corrected chi connectivity index (χ3v) is 4.14. The maximum atomic E-state index is 4.37. The van der Waals surface area contributed by atoms with Crippen molar-refractivity contribution in [3.63, 3.8) is 0 Å². The van der Waals surface area contributed by atoms with Crippen LogP contribution in [0.3, 0.4) is 0 Å². The molecule has 1 aromatic rings. The van der Waals surface area contributed by atoms with Crippen LogP contribution in [0.25, 0.3) is 0 Å². The molecule has 0 aliphatic heterocycles. The van der Waals surface area contributed by atoms with Crippen molar-refractivity contribution < 1.29 is 0 Å². The summed E-state index contributed by atoms with van der Waals surface area (Å²) < 4.78 is 2.02. The standard InChI is InChI=1S/C18H35N3/c1-4-7-8-9-10-11-12-13-18(19-5-2)14-17-15-20-21(6-3)16-17/h15-16,18-19H,4-14H2,1-3H3. The third-order valence-electron chi connectivity index (χ3n) is 4.14. The van der Waals surface area contributed by atoms with Crippen LogP contribution >= 0.6 is 0 Å². The number of hydrogen-bond donors (Lipinski definition) is 1. The van der Waals surface area contributed by atoms with Crippen molar-refractivity contribution >= 4 is 0 Å². The maximum Gasteiger partial charge on any atom is 0.0522 e. The number of aromatic nitrogens is 2. The van der Waals surface area contributed by atoms with E-state index in [9.17, 15) is 0 Å². The van der Waals surface area contributed by atoms with Gasteiger partial charge >= 0.3 is 0 Å². The van der Waals surface area contributed by atoms with Crippen LogP contribution in [-0.4, -0.2) is 22.4 Å². The summed E-state index contributed by atoms with van der Waals surface area (Å²) in [6.07, 6.45) is 16.4. The minimum Gasteiger partial charge on any atom is -0.314 e. The van der Waals surface area contributed by atoms with Gasteiger partial charge in [-0.15, -0.1) is 0 Å². The zero-order chi connectivity index (χ0) is 15.3. The Morgan fingerprint density at radius 2 is 1.76 bits per heavy atom. The van der Waals surface area contributed by atoms with Gasteiger partial charge in [0.1, 0.15) is 0 Å². The number of aryl methyl sites for hydroxylation is 1. The lowest BCUT2D eigenvalue weighted by Gasteiger charge is -2.17. The molecule has 1 heterocycles. The van der Waals surface area contributed by atoms with Gasteiger partial charge in [-0.05, 0) is 31.9 Å². The lowest BCUT2D eigenvalue weighted by molar-refractivity contribution is 0.458. The summed E-state index contributed by atoms with van der Waals surface area (Å²) >= 11 is 0. The number of hydrogen-bond acceptors (Lipinski definition) is 2. The summed E-state index contributed by atoms with van der Waals surface area (Å²) in [5.74, 6) is 0. The fraction of sp³-hybridized carbons (Fsp3) is 0.833. The average molecular weight is 293 g/mol. The van der Waals surface area contributed by atoms with Gasteiger partial charge in [0.25, 0.3) is 0 Å². The Bertz CT molecular complexity index is 346. The van der Waals surface area contributed by atoms with Gasteiger partial charge in [0.15, 0.2) is 0 Å². The molecule has 3 nitrogen and oxygen atoms in total. The Kier molecular flexibility index (Phi) is 10.2. The van der Waals surface area contributed by atoms with Crippen LogP contribution in [0.2, 0.25) is 0 Å². The van der Waals surface area contributed by atoms with Gasteiger partial charge in [0, 0.05) is 18.8 Å². The van der Waals surface area contributed by atoms with Crippen molar-refractivity contribution in [2.45, 2.75) is 91.1 Å². The highest BCUT2D eigenvalue weighted by Crippen LogP contribution is 2.12. The molecule has 0 spiro atoms. The van der Waals surface area contributed by atoms with Gasteiger partial charge in [0.2, 0.25) is 0 Å². The topological polar surface area (TPSA) is 29.9 Å². The fourth-order valence-electron chi connectivity index (χ4n) is 2.88. The zero-order valence-corrected chi connectivity index (χ0v) is 14.4. The largest absolute Gasteiger partial charge is 0.314 e. The minimum atomic E-state index is 0.611. The molecule has 0 aliphatic rings. The lowest BCUT2D eigenvalue weighted by atomic mass is 10.0. The molecule has 0 aliphatic carbocycles. The highest BCUT2D eigenvalue weighted by molar-refractivity contribution is 5.06. The molecule has 0 bridgehead atoms. The van der Waals surface area contributed by atoms with Crippen LogP contribution < -0.4 is 5.32 Å². The van der Waals surface area contributed by atoms with E-state index in [4.69, 9.17) is 0 Å². The van der Waals surface area contributed by atoms with Gasteiger partial charge in [-0.3, -0.25) is 4.68 Å². The highest BCUT2D eigenvalue weighted by atomic mass is 15.3. The van der Waals surface area contributed by atoms with E-state index in [-0.39, 0.29) is 0 Å². The van der Waals surface area contributed by atoms with Gasteiger partial charge in [-0.25, -0.2) is 0 Å². The molecule has 122 valence electrons. The number of rotatable bonds is 13. The minimum absolute atomic E-state index is 0.611. The third kappa shape index (κ3) is 8.25. The van der Waals surface area contributed by atoms with Crippen molar-refractivity contribution in [3.8, 4) is 0 Å². The van der Waals surface area contributed by atoms with E-state index in [0.29, 0.717) is 6.04 Å². The summed E-state index contributed by atoms with van der Waals surface area (Å²) in [5, 5.41) is 8.01. The van der Waals surface area contributed by atoms with Crippen LogP contribution in [-0.2, 0) is 13.0 Å². The summed E-state index contributed by atoms with van der Waals surface area (Å²) in [5.41, 5.74) is 1.37. The first-order valence-electron chi connectivity index (χ1n) is 9.04. The fourth-order valence-corrected chi connectivity index (χ4v) is 2.88. The molecule has 1 aromatic heterocycles. The Labute approximate surface area is 131 Å². The van der Waals surface area contributed by atoms with Crippen LogP contribution in [0.5, 0.6) is 0 Å². The summed E-state index contributed by atoms with van der Waals surface area (Å²) in [4.78, 5) is 0. The quantitative estimate of drug-likeness (QED) is 0.540. The number of nitrogens with one attached hydrogen (secondary N) is 1. The first kappa shape index (κ1) is 18.2. The second-order valence-corrected chi connectivity index (χ2v) is 6.07. The number of nitrogens with zero attached hydrogens (tertiary/aromatic N) is 2. The predicted molar refractivity (Wildman–Crippen MR) is 91.7 cm³/mol. The lowest BCUT2D eigenvalue weighted by Crippen LogP contribution is -2.30. The second kappa shape index (κ2) is 11.8. The van der Waals surface area contributed by atoms with Crippen molar-refractivity contribution in [1.29, 1.82) is 0 Å². The molecular weight excluding hydrogens is 258 g/mol. The maximum absolute atomic E-state index is 4.37. The van der Waals surface area contributed by atoms with Crippen molar-refractivity contribution in [2.24, 2.45) is 0 Å². The molecule has 3 heteroatoms. The van der Waals surface area contributed by atoms with Gasteiger partial charge in [-0.2, -0.15) is 5.10 Å². The Morgan fingerprint density at radius 3 is 2.38 bits per heavy atom. The Morgan fingerprint density at radius 1 is 1.05 bits per heavy atom. The van der Waals surface area contributed by atoms with E-state index in [1.54, 1.807) is 0 Å². The smallest absolute Gasteiger partial charge is 0.0522 e. The average Bonchev–Trinajstić information content (AvgIpc) is 2.94. The van der Waals surface area contributed by atoms with E-state index < -0.39 is 0 Å². The Hall–Kier alpha value is -0.830. The molecule has 1 rings (SSSR count). The molecule has 0 radical (unpaired) electrons. The van der Waals surface area contributed by atoms with Gasteiger partial charge in [0.05, 0.1) is 6.20 Å². The molecule has 21 heavy (non-hydrogen) atoms. The van der Waals surface area contributed by atoms with Gasteiger partial charge < -0.3 is 5.32 Å². The highest BCUT2D eigenvalue weighted by Gasteiger charge is 2.09. The van der Waals surface area contributed by atoms with Gasteiger partial charge in [-0.1, -0.05) is 58.8 Å². The van der Waals surface area contributed by atoms with E-state index in [1.807, 2.05) is 10.9 Å². The molecule has 1 N–H and O–H groups in total. The normalized spacial score (nSPS) is 12.7. The second-order valence-electron chi connectivity index (χ2n) is 6.07. The van der Waals surface area contributed by atoms with E-state index in [0.717, 1.165) is 19.5 Å². The first-order chi connectivity index (χ1) is 10.3.